The molecule has 2 heterocycles. The first-order valence-corrected chi connectivity index (χ1v) is 7.80. The predicted octanol–water partition coefficient (Wildman–Crippen LogP) is -0.994. The number of benzene rings is 1. The second-order valence-corrected chi connectivity index (χ2v) is 5.74. The van der Waals surface area contributed by atoms with Crippen LogP contribution < -0.4 is 4.90 Å². The van der Waals surface area contributed by atoms with Crippen molar-refractivity contribution in [3.63, 3.8) is 0 Å². The number of piperazine rings is 1. The van der Waals surface area contributed by atoms with Crippen molar-refractivity contribution in [2.75, 3.05) is 45.9 Å². The molecule has 7 heteroatoms. The maximum Gasteiger partial charge on any atom is 0.416 e. The van der Waals surface area contributed by atoms with Crippen LogP contribution in [0.15, 0.2) is 30.3 Å². The summed E-state index contributed by atoms with van der Waals surface area (Å²) in [6.07, 6.45) is -0.549. The molecule has 0 aliphatic carbocycles. The average Bonchev–Trinajstić information content (AvgIpc) is 3.02. The molecule has 1 aromatic rings. The number of cyclic esters (lactones) is 1. The summed E-state index contributed by atoms with van der Waals surface area (Å²) in [5.74, 6) is -0.176. The Morgan fingerprint density at radius 2 is 1.78 bits per heavy atom. The number of rotatable bonds is 3. The number of carbonyl (C=O) groups excluding carboxylic acids is 3. The van der Waals surface area contributed by atoms with E-state index in [4.69, 9.17) is 4.74 Å². The molecule has 122 valence electrons. The number of carbonyl (C=O) groups is 3. The predicted molar refractivity (Wildman–Crippen MR) is 81.0 cm³/mol. The van der Waals surface area contributed by atoms with E-state index < -0.39 is 6.09 Å². The molecule has 0 atom stereocenters. The molecule has 0 saturated carbocycles. The molecule has 2 aliphatic rings. The van der Waals surface area contributed by atoms with Gasteiger partial charge in [0, 0.05) is 5.56 Å². The minimum atomic E-state index is -0.549. The third-order valence-corrected chi connectivity index (χ3v) is 4.24. The first-order chi connectivity index (χ1) is 11.1. The Balaban J connectivity index is 1.50. The quantitative estimate of drug-likeness (QED) is 0.776. The summed E-state index contributed by atoms with van der Waals surface area (Å²) < 4.78 is 4.78. The lowest BCUT2D eigenvalue weighted by molar-refractivity contribution is -0.896. The van der Waals surface area contributed by atoms with Crippen LogP contribution >= 0.6 is 0 Å². The van der Waals surface area contributed by atoms with Crippen LogP contribution in [0.25, 0.3) is 0 Å². The Morgan fingerprint density at radius 1 is 1.09 bits per heavy atom. The lowest BCUT2D eigenvalue weighted by Crippen LogP contribution is -3.15. The fourth-order valence-electron chi connectivity index (χ4n) is 2.90. The van der Waals surface area contributed by atoms with Gasteiger partial charge in [-0.05, 0) is 12.1 Å². The third kappa shape index (κ3) is 3.50. The zero-order valence-electron chi connectivity index (χ0n) is 12.9. The van der Waals surface area contributed by atoms with E-state index in [1.54, 1.807) is 0 Å². The smallest absolute Gasteiger partial charge is 0.416 e. The zero-order valence-corrected chi connectivity index (χ0v) is 12.9. The van der Waals surface area contributed by atoms with Gasteiger partial charge in [0.25, 0.3) is 11.8 Å². The molecule has 23 heavy (non-hydrogen) atoms. The maximum atomic E-state index is 12.4. The van der Waals surface area contributed by atoms with Crippen molar-refractivity contribution in [2.24, 2.45) is 0 Å². The number of nitrogens with zero attached hydrogens (tertiary/aromatic N) is 2. The van der Waals surface area contributed by atoms with Gasteiger partial charge in [-0.15, -0.1) is 0 Å². The standard InChI is InChI=1S/C16H19N3O4/c20-14(19-10-11-23-16(19)22)12-17-6-8-18(9-7-17)15(21)13-4-2-1-3-5-13/h1-5H,6-12H2/p+1. The van der Waals surface area contributed by atoms with Gasteiger partial charge in [-0.3, -0.25) is 9.59 Å². The van der Waals surface area contributed by atoms with E-state index in [-0.39, 0.29) is 25.0 Å². The first kappa shape index (κ1) is 15.5. The van der Waals surface area contributed by atoms with E-state index in [0.29, 0.717) is 38.3 Å². The molecule has 0 spiro atoms. The molecule has 7 nitrogen and oxygen atoms in total. The minimum absolute atomic E-state index is 0.0269. The van der Waals surface area contributed by atoms with Gasteiger partial charge in [0.05, 0.1) is 32.7 Å². The highest BCUT2D eigenvalue weighted by atomic mass is 16.6. The van der Waals surface area contributed by atoms with Gasteiger partial charge in [-0.25, -0.2) is 9.69 Å². The molecule has 1 aromatic carbocycles. The number of hydrogen-bond acceptors (Lipinski definition) is 4. The lowest BCUT2D eigenvalue weighted by atomic mass is 10.2. The van der Waals surface area contributed by atoms with E-state index in [1.165, 1.54) is 0 Å². The monoisotopic (exact) mass is 318 g/mol. The molecular weight excluding hydrogens is 298 g/mol. The second kappa shape index (κ2) is 6.78. The van der Waals surface area contributed by atoms with Crippen LogP contribution in [-0.4, -0.2) is 73.6 Å². The van der Waals surface area contributed by atoms with Gasteiger partial charge in [0.15, 0.2) is 6.54 Å². The first-order valence-electron chi connectivity index (χ1n) is 7.80. The van der Waals surface area contributed by atoms with E-state index in [0.717, 1.165) is 9.80 Å². The molecule has 2 saturated heterocycles. The SMILES string of the molecule is O=C(c1ccccc1)N1CC[NH+](CC(=O)N2CCOC2=O)CC1. The fraction of sp³-hybridized carbons (Fsp3) is 0.438. The van der Waals surface area contributed by atoms with Crippen molar-refractivity contribution < 1.29 is 24.0 Å². The number of hydrogen-bond donors (Lipinski definition) is 1. The highest BCUT2D eigenvalue weighted by molar-refractivity contribution is 5.94. The van der Waals surface area contributed by atoms with Gasteiger partial charge >= 0.3 is 6.09 Å². The number of ether oxygens (including phenoxy) is 1. The van der Waals surface area contributed by atoms with Crippen LogP contribution in [0.2, 0.25) is 0 Å². The van der Waals surface area contributed by atoms with Crippen LogP contribution in [-0.2, 0) is 9.53 Å². The Hall–Kier alpha value is -2.41. The van der Waals surface area contributed by atoms with Crippen molar-refractivity contribution in [1.29, 1.82) is 0 Å². The summed E-state index contributed by atoms with van der Waals surface area (Å²) in [6.45, 7) is 3.51. The Kier molecular flexibility index (Phi) is 4.57. The van der Waals surface area contributed by atoms with Crippen molar-refractivity contribution in [3.05, 3.63) is 35.9 Å². The van der Waals surface area contributed by atoms with E-state index in [9.17, 15) is 14.4 Å². The molecule has 0 unspecified atom stereocenters. The summed E-state index contributed by atoms with van der Waals surface area (Å²) in [6, 6.07) is 9.20. The number of quaternary nitrogens is 1. The van der Waals surface area contributed by atoms with Gasteiger partial charge < -0.3 is 14.5 Å². The summed E-state index contributed by atoms with van der Waals surface area (Å²) >= 11 is 0. The minimum Gasteiger partial charge on any atom is -0.447 e. The molecule has 3 rings (SSSR count). The van der Waals surface area contributed by atoms with Crippen molar-refractivity contribution in [1.82, 2.24) is 9.80 Å². The Labute approximate surface area is 134 Å². The summed E-state index contributed by atoms with van der Waals surface area (Å²) in [5, 5.41) is 0. The van der Waals surface area contributed by atoms with Gasteiger partial charge in [0.1, 0.15) is 6.61 Å². The number of nitrogens with one attached hydrogen (secondary N) is 1. The van der Waals surface area contributed by atoms with E-state index in [1.807, 2.05) is 35.2 Å². The highest BCUT2D eigenvalue weighted by Gasteiger charge is 2.32. The molecule has 1 N–H and O–H groups in total. The Morgan fingerprint density at radius 3 is 2.39 bits per heavy atom. The number of amides is 3. The van der Waals surface area contributed by atoms with Gasteiger partial charge in [-0.1, -0.05) is 18.2 Å². The number of imide groups is 1. The molecule has 2 fully saturated rings. The van der Waals surface area contributed by atoms with Crippen LogP contribution in [0.4, 0.5) is 4.79 Å². The zero-order chi connectivity index (χ0) is 16.2. The molecule has 2 aliphatic heterocycles. The summed E-state index contributed by atoms with van der Waals surface area (Å²) in [4.78, 5) is 39.9. The van der Waals surface area contributed by atoms with Crippen LogP contribution in [0, 0.1) is 0 Å². The molecule has 0 aromatic heterocycles. The van der Waals surface area contributed by atoms with E-state index >= 15 is 0 Å². The van der Waals surface area contributed by atoms with Crippen LogP contribution in [0.3, 0.4) is 0 Å². The van der Waals surface area contributed by atoms with Gasteiger partial charge in [0.2, 0.25) is 0 Å². The molecule has 0 radical (unpaired) electrons. The summed E-state index contributed by atoms with van der Waals surface area (Å²) in [7, 11) is 0. The lowest BCUT2D eigenvalue weighted by Gasteiger charge is -2.32. The molecular formula is C16H20N3O4+. The topological polar surface area (TPSA) is 71.4 Å². The van der Waals surface area contributed by atoms with Crippen molar-refractivity contribution >= 4 is 17.9 Å². The fourth-order valence-corrected chi connectivity index (χ4v) is 2.90. The average molecular weight is 318 g/mol. The van der Waals surface area contributed by atoms with E-state index in [2.05, 4.69) is 0 Å². The Bertz CT molecular complexity index is 597. The molecule has 0 bridgehead atoms. The van der Waals surface area contributed by atoms with Gasteiger partial charge in [-0.2, -0.15) is 0 Å². The van der Waals surface area contributed by atoms with Crippen LogP contribution in [0.5, 0.6) is 0 Å². The normalized spacial score (nSPS) is 18.9. The highest BCUT2D eigenvalue weighted by Crippen LogP contribution is 2.05. The molecule has 3 amide bonds. The second-order valence-electron chi connectivity index (χ2n) is 5.74. The van der Waals surface area contributed by atoms with Crippen LogP contribution in [0.1, 0.15) is 10.4 Å². The van der Waals surface area contributed by atoms with Crippen molar-refractivity contribution in [3.8, 4) is 0 Å². The van der Waals surface area contributed by atoms with Crippen molar-refractivity contribution in [2.45, 2.75) is 0 Å². The maximum absolute atomic E-state index is 12.4. The summed E-state index contributed by atoms with van der Waals surface area (Å²) in [5.41, 5.74) is 0.687. The largest absolute Gasteiger partial charge is 0.447 e. The third-order valence-electron chi connectivity index (χ3n) is 4.24.